The van der Waals surface area contributed by atoms with E-state index in [1.54, 1.807) is 12.1 Å². The molecule has 0 saturated carbocycles. The van der Waals surface area contributed by atoms with Gasteiger partial charge in [-0.05, 0) is 50.5 Å². The highest BCUT2D eigenvalue weighted by Gasteiger charge is 2.14. The third-order valence-corrected chi connectivity index (χ3v) is 4.77. The summed E-state index contributed by atoms with van der Waals surface area (Å²) >= 11 is 0. The van der Waals surface area contributed by atoms with Gasteiger partial charge in [-0.25, -0.2) is 13.1 Å². The van der Waals surface area contributed by atoms with E-state index in [-0.39, 0.29) is 6.04 Å². The maximum atomic E-state index is 12.0. The summed E-state index contributed by atoms with van der Waals surface area (Å²) in [6, 6.07) is 6.81. The zero-order valence-corrected chi connectivity index (χ0v) is 14.3. The summed E-state index contributed by atoms with van der Waals surface area (Å²) in [7, 11) is -3.39. The van der Waals surface area contributed by atoms with Crippen molar-refractivity contribution in [1.29, 1.82) is 0 Å². The average Bonchev–Trinajstić information content (AvgIpc) is 2.37. The van der Waals surface area contributed by atoms with E-state index in [0.717, 1.165) is 24.6 Å². The summed E-state index contributed by atoms with van der Waals surface area (Å²) in [4.78, 5) is 0.307. The lowest BCUT2D eigenvalue weighted by Crippen LogP contribution is -2.30. The zero-order chi connectivity index (χ0) is 15.9. The summed E-state index contributed by atoms with van der Waals surface area (Å²) in [6.07, 6.45) is 3.60. The van der Waals surface area contributed by atoms with Crippen molar-refractivity contribution in [2.24, 2.45) is 5.92 Å². The number of benzene rings is 1. The molecule has 4 nitrogen and oxygen atoms in total. The van der Waals surface area contributed by atoms with E-state index in [1.165, 1.54) is 12.8 Å². The second-order valence-electron chi connectivity index (χ2n) is 6.12. The van der Waals surface area contributed by atoms with Gasteiger partial charge in [-0.3, -0.25) is 0 Å². The molecule has 21 heavy (non-hydrogen) atoms. The highest BCUT2D eigenvalue weighted by molar-refractivity contribution is 7.89. The van der Waals surface area contributed by atoms with E-state index in [9.17, 15) is 8.42 Å². The molecule has 0 atom stereocenters. The number of unbranched alkanes of at least 4 members (excludes halogenated alkanes) is 1. The molecule has 0 unspecified atom stereocenters. The SMILES string of the molecule is CC(C)CCCCNc1ccc(S(=O)(=O)NC(C)C)cc1. The fourth-order valence-corrected chi connectivity index (χ4v) is 3.29. The van der Waals surface area contributed by atoms with Crippen molar-refractivity contribution in [3.05, 3.63) is 24.3 Å². The first-order valence-corrected chi connectivity index (χ1v) is 9.16. The minimum atomic E-state index is -3.39. The summed E-state index contributed by atoms with van der Waals surface area (Å²) in [6.45, 7) is 9.01. The van der Waals surface area contributed by atoms with Gasteiger partial charge in [0.1, 0.15) is 0 Å². The summed E-state index contributed by atoms with van der Waals surface area (Å²) in [5.41, 5.74) is 0.961. The normalized spacial score (nSPS) is 12.1. The van der Waals surface area contributed by atoms with Crippen molar-refractivity contribution in [1.82, 2.24) is 4.72 Å². The van der Waals surface area contributed by atoms with Crippen molar-refractivity contribution in [3.8, 4) is 0 Å². The third kappa shape index (κ3) is 6.96. The van der Waals surface area contributed by atoms with Gasteiger partial charge >= 0.3 is 0 Å². The number of rotatable bonds is 9. The van der Waals surface area contributed by atoms with Crippen LogP contribution in [0, 0.1) is 5.92 Å². The number of nitrogens with one attached hydrogen (secondary N) is 2. The van der Waals surface area contributed by atoms with Crippen LogP contribution in [-0.2, 0) is 10.0 Å². The molecular formula is C16H28N2O2S. The van der Waals surface area contributed by atoms with Crippen LogP contribution in [-0.4, -0.2) is 21.0 Å². The first-order valence-electron chi connectivity index (χ1n) is 7.67. The summed E-state index contributed by atoms with van der Waals surface area (Å²) in [5.74, 6) is 0.753. The molecule has 2 N–H and O–H groups in total. The largest absolute Gasteiger partial charge is 0.385 e. The second kappa shape index (κ2) is 8.39. The number of anilines is 1. The smallest absolute Gasteiger partial charge is 0.240 e. The molecule has 1 rings (SSSR count). The van der Waals surface area contributed by atoms with Crippen LogP contribution in [0.4, 0.5) is 5.69 Å². The number of sulfonamides is 1. The Morgan fingerprint density at radius 3 is 2.14 bits per heavy atom. The molecule has 0 heterocycles. The van der Waals surface area contributed by atoms with Crippen LogP contribution < -0.4 is 10.0 Å². The molecule has 0 spiro atoms. The Morgan fingerprint density at radius 2 is 1.62 bits per heavy atom. The first-order chi connectivity index (χ1) is 9.81. The molecule has 1 aromatic carbocycles. The quantitative estimate of drug-likeness (QED) is 0.685. The molecule has 0 aromatic heterocycles. The molecule has 120 valence electrons. The van der Waals surface area contributed by atoms with E-state index in [1.807, 2.05) is 26.0 Å². The highest BCUT2D eigenvalue weighted by Crippen LogP contribution is 2.15. The van der Waals surface area contributed by atoms with Gasteiger partial charge in [-0.15, -0.1) is 0 Å². The van der Waals surface area contributed by atoms with Crippen LogP contribution in [0.25, 0.3) is 0 Å². The monoisotopic (exact) mass is 312 g/mol. The fourth-order valence-electron chi connectivity index (χ4n) is 2.04. The molecule has 0 aliphatic carbocycles. The van der Waals surface area contributed by atoms with Crippen LogP contribution in [0.3, 0.4) is 0 Å². The zero-order valence-electron chi connectivity index (χ0n) is 13.5. The van der Waals surface area contributed by atoms with Crippen LogP contribution in [0.2, 0.25) is 0 Å². The lowest BCUT2D eigenvalue weighted by molar-refractivity contribution is 0.545. The Labute approximate surface area is 129 Å². The van der Waals surface area contributed by atoms with Gasteiger partial charge in [0, 0.05) is 18.3 Å². The average molecular weight is 312 g/mol. The topological polar surface area (TPSA) is 58.2 Å². The van der Waals surface area contributed by atoms with Crippen molar-refractivity contribution in [3.63, 3.8) is 0 Å². The molecule has 0 amide bonds. The van der Waals surface area contributed by atoms with Crippen LogP contribution in [0.15, 0.2) is 29.2 Å². The van der Waals surface area contributed by atoms with Crippen LogP contribution in [0.1, 0.15) is 47.0 Å². The van der Waals surface area contributed by atoms with Crippen LogP contribution >= 0.6 is 0 Å². The second-order valence-corrected chi connectivity index (χ2v) is 7.83. The van der Waals surface area contributed by atoms with Crippen molar-refractivity contribution in [2.75, 3.05) is 11.9 Å². The lowest BCUT2D eigenvalue weighted by Gasteiger charge is -2.11. The molecular weight excluding hydrogens is 284 g/mol. The van der Waals surface area contributed by atoms with Crippen molar-refractivity contribution < 1.29 is 8.42 Å². The molecule has 0 aliphatic heterocycles. The minimum absolute atomic E-state index is 0.103. The standard InChI is InChI=1S/C16H28N2O2S/c1-13(2)7-5-6-12-17-15-8-10-16(11-9-15)21(19,20)18-14(3)4/h8-11,13-14,17-18H,5-7,12H2,1-4H3. The molecule has 0 radical (unpaired) electrons. The van der Waals surface area contributed by atoms with Gasteiger partial charge in [-0.1, -0.05) is 26.7 Å². The minimum Gasteiger partial charge on any atom is -0.385 e. The fraction of sp³-hybridized carbons (Fsp3) is 0.625. The van der Waals surface area contributed by atoms with Crippen molar-refractivity contribution in [2.45, 2.75) is 57.9 Å². The van der Waals surface area contributed by atoms with Gasteiger partial charge in [0.15, 0.2) is 0 Å². The van der Waals surface area contributed by atoms with E-state index in [2.05, 4.69) is 23.9 Å². The highest BCUT2D eigenvalue weighted by atomic mass is 32.2. The Kier molecular flexibility index (Phi) is 7.18. The van der Waals surface area contributed by atoms with Gasteiger partial charge < -0.3 is 5.32 Å². The van der Waals surface area contributed by atoms with E-state index < -0.39 is 10.0 Å². The maximum Gasteiger partial charge on any atom is 0.240 e. The Bertz CT molecular complexity index is 508. The van der Waals surface area contributed by atoms with Crippen LogP contribution in [0.5, 0.6) is 0 Å². The van der Waals surface area contributed by atoms with E-state index >= 15 is 0 Å². The predicted molar refractivity (Wildman–Crippen MR) is 89.1 cm³/mol. The molecule has 5 heteroatoms. The maximum absolute atomic E-state index is 12.0. The predicted octanol–water partition coefficient (Wildman–Crippen LogP) is 3.61. The first kappa shape index (κ1) is 18.0. The Hall–Kier alpha value is -1.07. The summed E-state index contributed by atoms with van der Waals surface area (Å²) in [5, 5.41) is 3.32. The lowest BCUT2D eigenvalue weighted by atomic mass is 10.1. The molecule has 0 fully saturated rings. The molecule has 0 bridgehead atoms. The summed E-state index contributed by atoms with van der Waals surface area (Å²) < 4.78 is 26.5. The number of hydrogen-bond acceptors (Lipinski definition) is 3. The molecule has 0 aliphatic rings. The van der Waals surface area contributed by atoms with Crippen molar-refractivity contribution >= 4 is 15.7 Å². The van der Waals surface area contributed by atoms with Gasteiger partial charge in [0.25, 0.3) is 0 Å². The molecule has 1 aromatic rings. The van der Waals surface area contributed by atoms with Gasteiger partial charge in [0.05, 0.1) is 4.90 Å². The Morgan fingerprint density at radius 1 is 1.00 bits per heavy atom. The van der Waals surface area contributed by atoms with Gasteiger partial charge in [0.2, 0.25) is 10.0 Å². The van der Waals surface area contributed by atoms with E-state index in [4.69, 9.17) is 0 Å². The Balaban J connectivity index is 2.47. The van der Waals surface area contributed by atoms with Gasteiger partial charge in [-0.2, -0.15) is 0 Å². The third-order valence-electron chi connectivity index (χ3n) is 3.09. The van der Waals surface area contributed by atoms with E-state index in [0.29, 0.717) is 4.90 Å². The number of hydrogen-bond donors (Lipinski definition) is 2. The molecule has 0 saturated heterocycles.